The van der Waals surface area contributed by atoms with Gasteiger partial charge >= 0.3 is 0 Å². The van der Waals surface area contributed by atoms with E-state index in [1.807, 2.05) is 66.9 Å². The van der Waals surface area contributed by atoms with Crippen molar-refractivity contribution < 1.29 is 4.79 Å². The van der Waals surface area contributed by atoms with Crippen LogP contribution in [0, 0.1) is 0 Å². The number of nitrogens with zero attached hydrogens (tertiary/aromatic N) is 1. The van der Waals surface area contributed by atoms with Crippen molar-refractivity contribution in [3.05, 3.63) is 89.6 Å². The number of carbonyl (C=O) groups is 1. The average Bonchev–Trinajstić information content (AvgIpc) is 2.61. The van der Waals surface area contributed by atoms with Gasteiger partial charge in [-0.15, -0.1) is 0 Å². The van der Waals surface area contributed by atoms with Crippen LogP contribution in [0.2, 0.25) is 0 Å². The van der Waals surface area contributed by atoms with Crippen molar-refractivity contribution in [1.82, 2.24) is 4.98 Å². The Balaban J connectivity index is 1.83. The number of ketones is 1. The predicted molar refractivity (Wildman–Crippen MR) is 98.2 cm³/mol. The van der Waals surface area contributed by atoms with Gasteiger partial charge in [-0.05, 0) is 17.0 Å². The Morgan fingerprint density at radius 3 is 1.96 bits per heavy atom. The van der Waals surface area contributed by atoms with E-state index in [1.54, 1.807) is 0 Å². The first-order valence-corrected chi connectivity index (χ1v) is 8.12. The third-order valence-electron chi connectivity index (χ3n) is 4.11. The largest absolute Gasteiger partial charge is 0.289 e. The summed E-state index contributed by atoms with van der Waals surface area (Å²) in [6, 6.07) is 21.1. The minimum absolute atomic E-state index is 0.0400. The van der Waals surface area contributed by atoms with Crippen molar-refractivity contribution in [1.29, 1.82) is 0 Å². The van der Waals surface area contributed by atoms with Gasteiger partial charge in [0, 0.05) is 22.9 Å². The van der Waals surface area contributed by atoms with Crippen LogP contribution in [0.4, 0.5) is 0 Å². The van der Waals surface area contributed by atoms with Crippen molar-refractivity contribution >= 4 is 5.78 Å². The number of hydrogen-bond donors (Lipinski definition) is 0. The highest BCUT2D eigenvalue weighted by atomic mass is 16.1. The smallest absolute Gasteiger partial charge is 0.193 e. The normalized spacial score (nSPS) is 11.3. The van der Waals surface area contributed by atoms with Crippen molar-refractivity contribution in [2.45, 2.75) is 26.2 Å². The molecule has 0 N–H and O–H groups in total. The summed E-state index contributed by atoms with van der Waals surface area (Å²) in [4.78, 5) is 17.0. The third kappa shape index (κ3) is 3.43. The molecular formula is C22H21NO. The molecule has 2 heteroatoms. The lowest BCUT2D eigenvalue weighted by atomic mass is 9.88. The zero-order chi connectivity index (χ0) is 17.2. The van der Waals surface area contributed by atoms with Crippen LogP contribution in [0.25, 0.3) is 11.3 Å². The summed E-state index contributed by atoms with van der Waals surface area (Å²) >= 11 is 0. The van der Waals surface area contributed by atoms with Gasteiger partial charge in [0.1, 0.15) is 0 Å². The van der Waals surface area contributed by atoms with Crippen molar-refractivity contribution in [3.63, 3.8) is 0 Å². The average molecular weight is 315 g/mol. The van der Waals surface area contributed by atoms with Crippen molar-refractivity contribution in [3.8, 4) is 11.3 Å². The molecular weight excluding hydrogens is 294 g/mol. The van der Waals surface area contributed by atoms with Crippen LogP contribution in [0.15, 0.2) is 72.9 Å². The van der Waals surface area contributed by atoms with E-state index in [2.05, 4.69) is 31.8 Å². The van der Waals surface area contributed by atoms with E-state index in [0.29, 0.717) is 11.1 Å². The highest BCUT2D eigenvalue weighted by molar-refractivity contribution is 6.09. The molecule has 3 aromatic rings. The van der Waals surface area contributed by atoms with Crippen LogP contribution in [0.1, 0.15) is 42.3 Å². The summed E-state index contributed by atoms with van der Waals surface area (Å²) in [5.74, 6) is 0.0400. The summed E-state index contributed by atoms with van der Waals surface area (Å²) in [5, 5.41) is 0. The molecule has 0 atom stereocenters. The molecule has 0 radical (unpaired) electrons. The summed E-state index contributed by atoms with van der Waals surface area (Å²) in [5.41, 5.74) is 4.63. The van der Waals surface area contributed by atoms with E-state index in [1.165, 1.54) is 5.56 Å². The third-order valence-corrected chi connectivity index (χ3v) is 4.11. The Morgan fingerprint density at radius 1 is 0.792 bits per heavy atom. The second-order valence-corrected chi connectivity index (χ2v) is 6.95. The maximum absolute atomic E-state index is 12.4. The van der Waals surface area contributed by atoms with Gasteiger partial charge in [-0.3, -0.25) is 9.78 Å². The van der Waals surface area contributed by atoms with E-state index in [0.717, 1.165) is 11.3 Å². The lowest BCUT2D eigenvalue weighted by Crippen LogP contribution is -2.11. The van der Waals surface area contributed by atoms with Gasteiger partial charge in [-0.2, -0.15) is 0 Å². The van der Waals surface area contributed by atoms with Crippen LogP contribution < -0.4 is 0 Å². The van der Waals surface area contributed by atoms with Gasteiger partial charge in [-0.1, -0.05) is 81.4 Å². The summed E-state index contributed by atoms with van der Waals surface area (Å²) in [7, 11) is 0. The fraction of sp³-hybridized carbons (Fsp3) is 0.182. The monoisotopic (exact) mass is 315 g/mol. The van der Waals surface area contributed by atoms with Crippen molar-refractivity contribution in [2.75, 3.05) is 0 Å². The molecule has 0 aliphatic heterocycles. The maximum atomic E-state index is 12.4. The topological polar surface area (TPSA) is 30.0 Å². The molecule has 0 bridgehead atoms. The number of carbonyl (C=O) groups excluding carboxylic acids is 1. The fourth-order valence-electron chi connectivity index (χ4n) is 2.56. The molecule has 1 heterocycles. The summed E-state index contributed by atoms with van der Waals surface area (Å²) < 4.78 is 0. The molecule has 1 aromatic heterocycles. The van der Waals surface area contributed by atoms with Crippen LogP contribution >= 0.6 is 0 Å². The van der Waals surface area contributed by atoms with E-state index in [4.69, 9.17) is 0 Å². The SMILES string of the molecule is CC(C)(C)c1ccc(-c2ccc(C(=O)c3ccccc3)cc2)nc1. The summed E-state index contributed by atoms with van der Waals surface area (Å²) in [6.45, 7) is 6.52. The first-order chi connectivity index (χ1) is 11.4. The van der Waals surface area contributed by atoms with Gasteiger partial charge in [0.15, 0.2) is 5.78 Å². The van der Waals surface area contributed by atoms with E-state index in [-0.39, 0.29) is 11.2 Å². The van der Waals surface area contributed by atoms with Crippen LogP contribution in [0.5, 0.6) is 0 Å². The standard InChI is InChI=1S/C22H21NO/c1-22(2,3)19-13-14-20(23-15-19)16-9-11-18(12-10-16)21(24)17-7-5-4-6-8-17/h4-15H,1-3H3. The Hall–Kier alpha value is -2.74. The molecule has 2 nitrogen and oxygen atoms in total. The van der Waals surface area contributed by atoms with Crippen LogP contribution in [-0.4, -0.2) is 10.8 Å². The second kappa shape index (κ2) is 6.40. The molecule has 120 valence electrons. The van der Waals surface area contributed by atoms with Gasteiger partial charge in [-0.25, -0.2) is 0 Å². The minimum Gasteiger partial charge on any atom is -0.289 e. The zero-order valence-electron chi connectivity index (χ0n) is 14.3. The van der Waals surface area contributed by atoms with Crippen molar-refractivity contribution in [2.24, 2.45) is 0 Å². The first-order valence-electron chi connectivity index (χ1n) is 8.12. The zero-order valence-corrected chi connectivity index (χ0v) is 14.3. The fourth-order valence-corrected chi connectivity index (χ4v) is 2.56. The molecule has 0 amide bonds. The number of hydrogen-bond acceptors (Lipinski definition) is 2. The molecule has 0 aliphatic carbocycles. The predicted octanol–water partition coefficient (Wildman–Crippen LogP) is 5.28. The lowest BCUT2D eigenvalue weighted by molar-refractivity contribution is 0.103. The minimum atomic E-state index is 0.0400. The molecule has 3 rings (SSSR count). The Bertz CT molecular complexity index is 826. The molecule has 0 fully saturated rings. The van der Waals surface area contributed by atoms with Gasteiger partial charge in [0.2, 0.25) is 0 Å². The quantitative estimate of drug-likeness (QED) is 0.616. The Labute approximate surface area is 143 Å². The Kier molecular flexibility index (Phi) is 4.30. The number of pyridine rings is 1. The maximum Gasteiger partial charge on any atom is 0.193 e. The highest BCUT2D eigenvalue weighted by Gasteiger charge is 2.14. The first kappa shape index (κ1) is 16.1. The van der Waals surface area contributed by atoms with Crippen LogP contribution in [0.3, 0.4) is 0 Å². The summed E-state index contributed by atoms with van der Waals surface area (Å²) in [6.07, 6.45) is 1.93. The molecule has 0 saturated carbocycles. The van der Waals surface area contributed by atoms with Gasteiger partial charge < -0.3 is 0 Å². The molecule has 0 aliphatic rings. The molecule has 0 unspecified atom stereocenters. The molecule has 0 saturated heterocycles. The number of rotatable bonds is 3. The lowest BCUT2D eigenvalue weighted by Gasteiger charge is -2.18. The highest BCUT2D eigenvalue weighted by Crippen LogP contribution is 2.24. The van der Waals surface area contributed by atoms with E-state index in [9.17, 15) is 4.79 Å². The molecule has 2 aromatic carbocycles. The Morgan fingerprint density at radius 2 is 1.42 bits per heavy atom. The second-order valence-electron chi connectivity index (χ2n) is 6.95. The number of benzene rings is 2. The van der Waals surface area contributed by atoms with E-state index >= 15 is 0 Å². The van der Waals surface area contributed by atoms with Crippen LogP contribution in [-0.2, 0) is 5.41 Å². The van der Waals surface area contributed by atoms with Gasteiger partial charge in [0.25, 0.3) is 0 Å². The molecule has 0 spiro atoms. The van der Waals surface area contributed by atoms with E-state index < -0.39 is 0 Å². The molecule has 24 heavy (non-hydrogen) atoms. The van der Waals surface area contributed by atoms with Gasteiger partial charge in [0.05, 0.1) is 5.69 Å². The number of aromatic nitrogens is 1.